The van der Waals surface area contributed by atoms with Crippen LogP contribution in [-0.2, 0) is 12.4 Å². The van der Waals surface area contributed by atoms with Crippen molar-refractivity contribution < 1.29 is 35.9 Å². The number of halogens is 6. The summed E-state index contributed by atoms with van der Waals surface area (Å²) in [5.74, 6) is -0.0724. The van der Waals surface area contributed by atoms with Crippen LogP contribution in [0.25, 0.3) is 6.08 Å². The van der Waals surface area contributed by atoms with E-state index in [1.807, 2.05) is 0 Å². The van der Waals surface area contributed by atoms with Crippen molar-refractivity contribution in [3.63, 3.8) is 0 Å². The summed E-state index contributed by atoms with van der Waals surface area (Å²) in [7, 11) is 1.43. The lowest BCUT2D eigenvalue weighted by Crippen LogP contribution is -2.11. The highest BCUT2D eigenvalue weighted by molar-refractivity contribution is 6.06. The fourth-order valence-corrected chi connectivity index (χ4v) is 2.10. The van der Waals surface area contributed by atoms with Crippen LogP contribution in [0.4, 0.5) is 26.3 Å². The number of carbonyl (C=O) groups is 1. The Morgan fingerprint density at radius 2 is 1.38 bits per heavy atom. The van der Waals surface area contributed by atoms with E-state index in [4.69, 9.17) is 4.74 Å². The van der Waals surface area contributed by atoms with Gasteiger partial charge in [0.25, 0.3) is 0 Å². The van der Waals surface area contributed by atoms with Crippen LogP contribution >= 0.6 is 0 Å². The summed E-state index contributed by atoms with van der Waals surface area (Å²) < 4.78 is 81.7. The Kier molecular flexibility index (Phi) is 5.44. The first kappa shape index (κ1) is 19.6. The van der Waals surface area contributed by atoms with Crippen LogP contribution in [0.3, 0.4) is 0 Å². The van der Waals surface area contributed by atoms with Gasteiger partial charge < -0.3 is 4.74 Å². The molecule has 26 heavy (non-hydrogen) atoms. The normalized spacial score (nSPS) is 12.4. The molecule has 0 aromatic heterocycles. The van der Waals surface area contributed by atoms with Gasteiger partial charge in [-0.05, 0) is 54.1 Å². The number of alkyl halides is 6. The monoisotopic (exact) mass is 374 g/mol. The summed E-state index contributed by atoms with van der Waals surface area (Å²) in [6, 6.07) is 7.00. The lowest BCUT2D eigenvalue weighted by molar-refractivity contribution is -0.143. The Morgan fingerprint density at radius 1 is 0.885 bits per heavy atom. The van der Waals surface area contributed by atoms with Crippen molar-refractivity contribution in [2.24, 2.45) is 0 Å². The van der Waals surface area contributed by atoms with Crippen LogP contribution < -0.4 is 4.74 Å². The van der Waals surface area contributed by atoms with Gasteiger partial charge in [-0.15, -0.1) is 0 Å². The van der Waals surface area contributed by atoms with Crippen LogP contribution in [0, 0.1) is 0 Å². The Labute approximate surface area is 144 Å². The van der Waals surface area contributed by atoms with E-state index in [-0.39, 0.29) is 17.2 Å². The van der Waals surface area contributed by atoms with E-state index in [0.717, 1.165) is 12.2 Å². The quantitative estimate of drug-likeness (QED) is 0.394. The zero-order valence-electron chi connectivity index (χ0n) is 13.3. The molecule has 2 aromatic rings. The van der Waals surface area contributed by atoms with Gasteiger partial charge in [0.05, 0.1) is 18.2 Å². The topological polar surface area (TPSA) is 26.3 Å². The standard InChI is InChI=1S/C18H12F6O2/c1-26-15-5-3-12(4-6-15)16(25)7-2-11-8-13(17(19,20)21)10-14(9-11)18(22,23)24/h2-10H,1H3/b7-2+. The minimum absolute atomic E-state index is 0.0304. The van der Waals surface area contributed by atoms with Gasteiger partial charge in [-0.1, -0.05) is 6.08 Å². The third kappa shape index (κ3) is 4.87. The minimum atomic E-state index is -4.94. The van der Waals surface area contributed by atoms with E-state index in [9.17, 15) is 31.1 Å². The predicted molar refractivity (Wildman–Crippen MR) is 82.8 cm³/mol. The highest BCUT2D eigenvalue weighted by Gasteiger charge is 2.36. The van der Waals surface area contributed by atoms with Crippen LogP contribution in [0.2, 0.25) is 0 Å². The first-order valence-electron chi connectivity index (χ1n) is 7.16. The molecule has 2 nitrogen and oxygen atoms in total. The Morgan fingerprint density at radius 3 is 1.81 bits per heavy atom. The van der Waals surface area contributed by atoms with Gasteiger partial charge in [-0.3, -0.25) is 4.79 Å². The predicted octanol–water partition coefficient (Wildman–Crippen LogP) is 5.63. The molecule has 2 rings (SSSR count). The van der Waals surface area contributed by atoms with Gasteiger partial charge in [0.2, 0.25) is 0 Å². The Hall–Kier alpha value is -2.77. The average Bonchev–Trinajstić information content (AvgIpc) is 2.58. The van der Waals surface area contributed by atoms with Gasteiger partial charge >= 0.3 is 12.4 Å². The Balaban J connectivity index is 2.34. The maximum absolute atomic E-state index is 12.8. The molecule has 0 fully saturated rings. The number of carbonyl (C=O) groups excluding carboxylic acids is 1. The number of hydrogen-bond donors (Lipinski definition) is 0. The third-order valence-electron chi connectivity index (χ3n) is 3.41. The molecule has 0 amide bonds. The van der Waals surface area contributed by atoms with Crippen LogP contribution in [0.15, 0.2) is 48.5 Å². The maximum atomic E-state index is 12.8. The van der Waals surface area contributed by atoms with Crippen molar-refractivity contribution in [1.29, 1.82) is 0 Å². The largest absolute Gasteiger partial charge is 0.497 e. The lowest BCUT2D eigenvalue weighted by atomic mass is 10.0. The molecule has 2 aromatic carbocycles. The molecule has 0 radical (unpaired) electrons. The van der Waals surface area contributed by atoms with E-state index >= 15 is 0 Å². The number of benzene rings is 2. The summed E-state index contributed by atoms with van der Waals surface area (Å²) in [6.07, 6.45) is -8.05. The van der Waals surface area contributed by atoms with E-state index < -0.39 is 29.3 Å². The maximum Gasteiger partial charge on any atom is 0.416 e. The number of ketones is 1. The molecular weight excluding hydrogens is 362 g/mol. The second-order valence-corrected chi connectivity index (χ2v) is 5.27. The molecule has 0 aliphatic rings. The van der Waals surface area contributed by atoms with E-state index in [1.165, 1.54) is 31.4 Å². The number of methoxy groups -OCH3 is 1. The van der Waals surface area contributed by atoms with E-state index in [1.54, 1.807) is 0 Å². The Bertz CT molecular complexity index is 785. The first-order chi connectivity index (χ1) is 12.0. The second kappa shape index (κ2) is 7.23. The molecule has 0 saturated carbocycles. The zero-order chi connectivity index (χ0) is 19.5. The molecule has 138 valence electrons. The van der Waals surface area contributed by atoms with Gasteiger partial charge in [0.15, 0.2) is 5.78 Å². The SMILES string of the molecule is COc1ccc(C(=O)/C=C/c2cc(C(F)(F)F)cc(C(F)(F)F)c2)cc1. The molecule has 8 heteroatoms. The number of rotatable bonds is 4. The molecular formula is C18H12F6O2. The van der Waals surface area contributed by atoms with Crippen LogP contribution in [0.1, 0.15) is 27.0 Å². The molecule has 0 bridgehead atoms. The molecule has 0 aliphatic heterocycles. The van der Waals surface area contributed by atoms with Crippen molar-refractivity contribution in [1.82, 2.24) is 0 Å². The average molecular weight is 374 g/mol. The zero-order valence-corrected chi connectivity index (χ0v) is 13.3. The van der Waals surface area contributed by atoms with Gasteiger partial charge in [-0.2, -0.15) is 26.3 Å². The van der Waals surface area contributed by atoms with Gasteiger partial charge in [0, 0.05) is 5.56 Å². The molecule has 0 saturated heterocycles. The molecule has 0 aliphatic carbocycles. The van der Waals surface area contributed by atoms with Gasteiger partial charge in [-0.25, -0.2) is 0 Å². The van der Waals surface area contributed by atoms with Crippen LogP contribution in [-0.4, -0.2) is 12.9 Å². The summed E-state index contributed by atoms with van der Waals surface area (Å²) in [5, 5.41) is 0. The van der Waals surface area contributed by atoms with E-state index in [0.29, 0.717) is 17.9 Å². The lowest BCUT2D eigenvalue weighted by Gasteiger charge is -2.12. The summed E-state index contributed by atoms with van der Waals surface area (Å²) in [5.41, 5.74) is -3.05. The van der Waals surface area contributed by atoms with Crippen molar-refractivity contribution in [2.45, 2.75) is 12.4 Å². The molecule has 0 N–H and O–H groups in total. The van der Waals surface area contributed by atoms with Gasteiger partial charge in [0.1, 0.15) is 5.75 Å². The highest BCUT2D eigenvalue weighted by Crippen LogP contribution is 2.36. The molecule has 0 spiro atoms. The third-order valence-corrected chi connectivity index (χ3v) is 3.41. The minimum Gasteiger partial charge on any atom is -0.497 e. The fraction of sp³-hybridized carbons (Fsp3) is 0.167. The number of hydrogen-bond acceptors (Lipinski definition) is 2. The summed E-state index contributed by atoms with van der Waals surface area (Å²) in [6.45, 7) is 0. The highest BCUT2D eigenvalue weighted by atomic mass is 19.4. The molecule has 0 atom stereocenters. The second-order valence-electron chi connectivity index (χ2n) is 5.27. The van der Waals surface area contributed by atoms with Crippen molar-refractivity contribution in [3.05, 3.63) is 70.8 Å². The van der Waals surface area contributed by atoms with E-state index in [2.05, 4.69) is 0 Å². The first-order valence-corrected chi connectivity index (χ1v) is 7.16. The van der Waals surface area contributed by atoms with Crippen molar-refractivity contribution >= 4 is 11.9 Å². The molecule has 0 unspecified atom stereocenters. The molecule has 0 heterocycles. The van der Waals surface area contributed by atoms with Crippen LogP contribution in [0.5, 0.6) is 5.75 Å². The number of ether oxygens (including phenoxy) is 1. The summed E-state index contributed by atoms with van der Waals surface area (Å²) in [4.78, 5) is 12.0. The summed E-state index contributed by atoms with van der Waals surface area (Å²) >= 11 is 0. The number of allylic oxidation sites excluding steroid dienone is 1. The smallest absolute Gasteiger partial charge is 0.416 e. The fourth-order valence-electron chi connectivity index (χ4n) is 2.10. The van der Waals surface area contributed by atoms with Crippen molar-refractivity contribution in [3.8, 4) is 5.75 Å². The van der Waals surface area contributed by atoms with Crippen molar-refractivity contribution in [2.75, 3.05) is 7.11 Å².